The Bertz CT molecular complexity index is 480. The Morgan fingerprint density at radius 3 is 3.00 bits per heavy atom. The summed E-state index contributed by atoms with van der Waals surface area (Å²) in [6.07, 6.45) is 5.61. The third-order valence-corrected chi connectivity index (χ3v) is 4.20. The van der Waals surface area contributed by atoms with Crippen LogP contribution in [0.5, 0.6) is 0 Å². The molecule has 1 aromatic rings. The first-order valence-corrected chi connectivity index (χ1v) is 7.79. The molecule has 0 aliphatic carbocycles. The molecule has 21 heavy (non-hydrogen) atoms. The van der Waals surface area contributed by atoms with Crippen LogP contribution in [-0.2, 0) is 0 Å². The van der Waals surface area contributed by atoms with Crippen LogP contribution in [0, 0.1) is 11.7 Å². The molecule has 1 N–H and O–H groups in total. The van der Waals surface area contributed by atoms with Crippen LogP contribution in [0.3, 0.4) is 0 Å². The summed E-state index contributed by atoms with van der Waals surface area (Å²) in [5.41, 5.74) is 0.125. The van der Waals surface area contributed by atoms with E-state index in [0.29, 0.717) is 25.0 Å². The summed E-state index contributed by atoms with van der Waals surface area (Å²) >= 11 is 0. The molecule has 2 atom stereocenters. The highest BCUT2D eigenvalue weighted by atomic mass is 19.1. The molecule has 4 nitrogen and oxygen atoms in total. The van der Waals surface area contributed by atoms with Crippen molar-refractivity contribution >= 4 is 5.91 Å². The molecule has 1 fully saturated rings. The van der Waals surface area contributed by atoms with E-state index in [-0.39, 0.29) is 11.5 Å². The molecule has 0 radical (unpaired) electrons. The van der Waals surface area contributed by atoms with Crippen LogP contribution in [0.25, 0.3) is 0 Å². The molecule has 5 heteroatoms. The number of hydrogen-bond acceptors (Lipinski definition) is 3. The largest absolute Gasteiger partial charge is 0.338 e. The topological polar surface area (TPSA) is 45.2 Å². The van der Waals surface area contributed by atoms with Crippen molar-refractivity contribution in [1.29, 1.82) is 0 Å². The van der Waals surface area contributed by atoms with Gasteiger partial charge in [-0.05, 0) is 31.4 Å². The Kier molecular flexibility index (Phi) is 5.67. The fourth-order valence-electron chi connectivity index (χ4n) is 2.95. The monoisotopic (exact) mass is 293 g/mol. The van der Waals surface area contributed by atoms with Crippen molar-refractivity contribution in [3.05, 3.63) is 29.8 Å². The maximum atomic E-state index is 13.7. The highest BCUT2D eigenvalue weighted by molar-refractivity contribution is 5.94. The van der Waals surface area contributed by atoms with E-state index >= 15 is 0 Å². The lowest BCUT2D eigenvalue weighted by atomic mass is 9.89. The molecule has 1 aliphatic rings. The molecule has 0 spiro atoms. The van der Waals surface area contributed by atoms with Gasteiger partial charge in [0.15, 0.2) is 5.82 Å². The number of likely N-dealkylation sites (tertiary alicyclic amines) is 1. The van der Waals surface area contributed by atoms with Crippen LogP contribution in [-0.4, -0.2) is 41.5 Å². The van der Waals surface area contributed by atoms with Gasteiger partial charge in [0.2, 0.25) is 0 Å². The smallest absolute Gasteiger partial charge is 0.256 e. The summed E-state index contributed by atoms with van der Waals surface area (Å²) in [5, 5.41) is 3.56. The second-order valence-corrected chi connectivity index (χ2v) is 5.62. The van der Waals surface area contributed by atoms with Crippen LogP contribution in [0.15, 0.2) is 18.5 Å². The fraction of sp³-hybridized carbons (Fsp3) is 0.625. The van der Waals surface area contributed by atoms with E-state index < -0.39 is 5.82 Å². The van der Waals surface area contributed by atoms with Crippen LogP contribution in [0.2, 0.25) is 0 Å². The predicted molar refractivity (Wildman–Crippen MR) is 80.6 cm³/mol. The number of carbonyl (C=O) groups excluding carboxylic acids is 1. The van der Waals surface area contributed by atoms with Gasteiger partial charge in [-0.2, -0.15) is 0 Å². The first-order chi connectivity index (χ1) is 10.2. The van der Waals surface area contributed by atoms with E-state index in [0.717, 1.165) is 32.0 Å². The molecule has 0 aromatic carbocycles. The standard InChI is InChI=1S/C16H24FN3O/c1-3-7-19-15-6-9-20(11-12(15)4-2)16(21)13-5-8-18-10-14(13)17/h5,8,10,12,15,19H,3-4,6-7,9,11H2,1-2H3. The van der Waals surface area contributed by atoms with Crippen molar-refractivity contribution in [2.75, 3.05) is 19.6 Å². The number of pyridine rings is 1. The summed E-state index contributed by atoms with van der Waals surface area (Å²) in [6, 6.07) is 1.92. The Hall–Kier alpha value is -1.49. The van der Waals surface area contributed by atoms with Crippen LogP contribution < -0.4 is 5.32 Å². The molecular weight excluding hydrogens is 269 g/mol. The summed E-state index contributed by atoms with van der Waals surface area (Å²) in [5.74, 6) is -0.330. The number of carbonyl (C=O) groups is 1. The molecule has 1 aliphatic heterocycles. The minimum atomic E-state index is -0.540. The lowest BCUT2D eigenvalue weighted by molar-refractivity contribution is 0.0622. The zero-order valence-electron chi connectivity index (χ0n) is 12.8. The molecule has 0 bridgehead atoms. The van der Waals surface area contributed by atoms with Gasteiger partial charge in [-0.1, -0.05) is 20.3 Å². The van der Waals surface area contributed by atoms with E-state index in [1.807, 2.05) is 0 Å². The number of nitrogens with zero attached hydrogens (tertiary/aromatic N) is 2. The third-order valence-electron chi connectivity index (χ3n) is 4.20. The van der Waals surface area contributed by atoms with Crippen LogP contribution >= 0.6 is 0 Å². The quantitative estimate of drug-likeness (QED) is 0.907. The zero-order chi connectivity index (χ0) is 15.2. The van der Waals surface area contributed by atoms with Crippen molar-refractivity contribution in [3.8, 4) is 0 Å². The number of halogens is 1. The van der Waals surface area contributed by atoms with E-state index in [1.165, 1.54) is 12.3 Å². The van der Waals surface area contributed by atoms with Gasteiger partial charge >= 0.3 is 0 Å². The van der Waals surface area contributed by atoms with Gasteiger partial charge in [-0.15, -0.1) is 0 Å². The Balaban J connectivity index is 2.03. The van der Waals surface area contributed by atoms with Crippen molar-refractivity contribution in [2.24, 2.45) is 5.92 Å². The molecule has 116 valence electrons. The van der Waals surface area contributed by atoms with Crippen LogP contribution in [0.4, 0.5) is 4.39 Å². The fourth-order valence-corrected chi connectivity index (χ4v) is 2.95. The summed E-state index contributed by atoms with van der Waals surface area (Å²) < 4.78 is 13.7. The van der Waals surface area contributed by atoms with E-state index in [4.69, 9.17) is 0 Å². The molecular formula is C16H24FN3O. The third kappa shape index (κ3) is 3.79. The van der Waals surface area contributed by atoms with Gasteiger partial charge in [0.1, 0.15) is 0 Å². The van der Waals surface area contributed by atoms with E-state index in [9.17, 15) is 9.18 Å². The summed E-state index contributed by atoms with van der Waals surface area (Å²) in [7, 11) is 0. The lowest BCUT2D eigenvalue weighted by Gasteiger charge is -2.39. The number of nitrogens with one attached hydrogen (secondary N) is 1. The summed E-state index contributed by atoms with van der Waals surface area (Å²) in [6.45, 7) is 6.68. The van der Waals surface area contributed by atoms with Gasteiger partial charge in [-0.3, -0.25) is 9.78 Å². The Morgan fingerprint density at radius 1 is 1.52 bits per heavy atom. The highest BCUT2D eigenvalue weighted by Gasteiger charge is 2.31. The summed E-state index contributed by atoms with van der Waals surface area (Å²) in [4.78, 5) is 17.9. The van der Waals surface area contributed by atoms with Gasteiger partial charge in [-0.25, -0.2) is 4.39 Å². The lowest BCUT2D eigenvalue weighted by Crippen LogP contribution is -2.51. The SMILES string of the molecule is CCCNC1CCN(C(=O)c2ccncc2F)CC1CC. The van der Waals surface area contributed by atoms with Gasteiger partial charge in [0.25, 0.3) is 5.91 Å². The highest BCUT2D eigenvalue weighted by Crippen LogP contribution is 2.22. The average molecular weight is 293 g/mol. The Morgan fingerprint density at radius 2 is 2.33 bits per heavy atom. The van der Waals surface area contributed by atoms with Gasteiger partial charge < -0.3 is 10.2 Å². The predicted octanol–water partition coefficient (Wildman–Crippen LogP) is 2.46. The second-order valence-electron chi connectivity index (χ2n) is 5.62. The molecule has 2 rings (SSSR count). The molecule has 1 aromatic heterocycles. The first-order valence-electron chi connectivity index (χ1n) is 7.79. The van der Waals surface area contributed by atoms with E-state index in [2.05, 4.69) is 24.1 Å². The van der Waals surface area contributed by atoms with Crippen molar-refractivity contribution in [3.63, 3.8) is 0 Å². The van der Waals surface area contributed by atoms with Crippen LogP contribution in [0.1, 0.15) is 43.5 Å². The molecule has 1 saturated heterocycles. The number of rotatable bonds is 5. The maximum absolute atomic E-state index is 13.7. The van der Waals surface area contributed by atoms with Crippen molar-refractivity contribution in [2.45, 2.75) is 39.2 Å². The number of piperidine rings is 1. The Labute approximate surface area is 125 Å². The first kappa shape index (κ1) is 15.9. The van der Waals surface area contributed by atoms with Crippen molar-refractivity contribution < 1.29 is 9.18 Å². The zero-order valence-corrected chi connectivity index (χ0v) is 12.8. The molecule has 2 heterocycles. The average Bonchev–Trinajstić information content (AvgIpc) is 2.52. The van der Waals surface area contributed by atoms with Crippen molar-refractivity contribution in [1.82, 2.24) is 15.2 Å². The molecule has 0 saturated carbocycles. The normalized spacial score (nSPS) is 22.3. The van der Waals surface area contributed by atoms with Gasteiger partial charge in [0, 0.05) is 25.3 Å². The number of amides is 1. The van der Waals surface area contributed by atoms with E-state index in [1.54, 1.807) is 4.90 Å². The second kappa shape index (κ2) is 7.50. The maximum Gasteiger partial charge on any atom is 0.256 e. The number of aromatic nitrogens is 1. The molecule has 1 amide bonds. The number of hydrogen-bond donors (Lipinski definition) is 1. The molecule has 2 unspecified atom stereocenters. The minimum Gasteiger partial charge on any atom is -0.338 e. The van der Waals surface area contributed by atoms with Gasteiger partial charge in [0.05, 0.1) is 11.8 Å². The minimum absolute atomic E-state index is 0.125.